The van der Waals surface area contributed by atoms with E-state index < -0.39 is 55.5 Å². The number of hydrogen-bond acceptors (Lipinski definition) is 10. The Kier molecular flexibility index (Phi) is 7.08. The zero-order chi connectivity index (χ0) is 22.5. The molecule has 0 aromatic heterocycles. The molecule has 0 unspecified atom stereocenters. The van der Waals surface area contributed by atoms with Crippen LogP contribution >= 0.6 is 0 Å². The van der Waals surface area contributed by atoms with E-state index in [9.17, 15) is 35.1 Å². The number of ketones is 1. The second-order valence-corrected chi connectivity index (χ2v) is 6.96. The molecule has 1 aliphatic rings. The number of carbonyl (C=O) groups excluding carboxylic acids is 2. The average Bonchev–Trinajstić information content (AvgIpc) is 2.75. The molecule has 1 fully saturated rings. The lowest BCUT2D eigenvalue weighted by atomic mass is 9.99. The van der Waals surface area contributed by atoms with Crippen LogP contribution in [0.3, 0.4) is 0 Å². The summed E-state index contributed by atoms with van der Waals surface area (Å²) in [6, 6.07) is 10.9. The number of aliphatic hydroxyl groups is 3. The van der Waals surface area contributed by atoms with Crippen LogP contribution in [0.5, 0.6) is 17.2 Å². The fraction of sp³-hybridized carbons (Fsp3) is 0.333. The van der Waals surface area contributed by atoms with Gasteiger partial charge in [0.25, 0.3) is 0 Å². The molecule has 10 nitrogen and oxygen atoms in total. The Balaban J connectivity index is 1.56. The summed E-state index contributed by atoms with van der Waals surface area (Å²) in [7, 11) is 0. The molecule has 0 bridgehead atoms. The van der Waals surface area contributed by atoms with E-state index in [2.05, 4.69) is 0 Å². The summed E-state index contributed by atoms with van der Waals surface area (Å²) < 4.78 is 15.9. The number of esters is 1. The minimum absolute atomic E-state index is 0.000409. The van der Waals surface area contributed by atoms with Crippen molar-refractivity contribution in [2.75, 3.05) is 6.61 Å². The molecule has 0 amide bonds. The van der Waals surface area contributed by atoms with Crippen molar-refractivity contribution in [2.24, 2.45) is 0 Å². The third-order valence-electron chi connectivity index (χ3n) is 4.66. The maximum Gasteiger partial charge on any atom is 0.313 e. The zero-order valence-corrected chi connectivity index (χ0v) is 16.2. The van der Waals surface area contributed by atoms with Gasteiger partial charge in [0.05, 0.1) is 0 Å². The van der Waals surface area contributed by atoms with Crippen molar-refractivity contribution < 1.29 is 49.3 Å². The number of benzene rings is 2. The Hall–Kier alpha value is -3.18. The van der Waals surface area contributed by atoms with Gasteiger partial charge in [-0.15, -0.1) is 0 Å². The van der Waals surface area contributed by atoms with Gasteiger partial charge in [-0.05, 0) is 48.5 Å². The number of phenolic OH excluding ortho intramolecular Hbond substituents is 2. The van der Waals surface area contributed by atoms with Gasteiger partial charge in [0.2, 0.25) is 6.29 Å². The van der Waals surface area contributed by atoms with Gasteiger partial charge < -0.3 is 39.7 Å². The molecule has 1 heterocycles. The molecule has 0 aliphatic carbocycles. The van der Waals surface area contributed by atoms with Crippen molar-refractivity contribution in [2.45, 2.75) is 37.1 Å². The lowest BCUT2D eigenvalue weighted by Gasteiger charge is -2.39. The highest BCUT2D eigenvalue weighted by atomic mass is 16.7. The summed E-state index contributed by atoms with van der Waals surface area (Å²) in [6.07, 6.45) is -7.99. The average molecular weight is 434 g/mol. The maximum atomic E-state index is 12.1. The number of ether oxygens (including phenoxy) is 3. The van der Waals surface area contributed by atoms with E-state index in [1.807, 2.05) is 0 Å². The topological polar surface area (TPSA) is 163 Å². The molecular weight excluding hydrogens is 412 g/mol. The molecule has 2 aromatic carbocycles. The Morgan fingerprint density at radius 2 is 1.42 bits per heavy atom. The van der Waals surface area contributed by atoms with Gasteiger partial charge >= 0.3 is 5.97 Å². The number of hydrogen-bond donors (Lipinski definition) is 5. The van der Waals surface area contributed by atoms with Crippen LogP contribution in [-0.2, 0) is 14.3 Å². The van der Waals surface area contributed by atoms with Crippen molar-refractivity contribution >= 4 is 11.8 Å². The molecule has 166 valence electrons. The van der Waals surface area contributed by atoms with E-state index in [0.29, 0.717) is 0 Å². The second kappa shape index (κ2) is 9.75. The van der Waals surface area contributed by atoms with Crippen LogP contribution in [0.1, 0.15) is 16.8 Å². The standard InChI is InChI=1S/C21H22O10/c22-12-3-1-11(2-4-12)15(24)9-17(25)29-10-16-18(26)19(27)20(28)21(31-16)30-14-7-5-13(23)6-8-14/h1-8,16,18-23,26-28H,9-10H2/t16-,18-,19+,20-,21-/m1/s1. The quantitative estimate of drug-likeness (QED) is 0.229. The monoisotopic (exact) mass is 434 g/mol. The number of carbonyl (C=O) groups is 2. The fourth-order valence-corrected chi connectivity index (χ4v) is 2.92. The fourth-order valence-electron chi connectivity index (χ4n) is 2.92. The van der Waals surface area contributed by atoms with Gasteiger partial charge in [-0.1, -0.05) is 0 Å². The first kappa shape index (κ1) is 22.5. The van der Waals surface area contributed by atoms with Crippen LogP contribution in [0.4, 0.5) is 0 Å². The van der Waals surface area contributed by atoms with Crippen LogP contribution in [0.25, 0.3) is 0 Å². The van der Waals surface area contributed by atoms with Crippen LogP contribution < -0.4 is 4.74 Å². The van der Waals surface area contributed by atoms with Crippen molar-refractivity contribution in [1.29, 1.82) is 0 Å². The highest BCUT2D eigenvalue weighted by molar-refractivity contribution is 6.05. The molecule has 5 N–H and O–H groups in total. The molecule has 10 heteroatoms. The number of aromatic hydroxyl groups is 2. The number of aliphatic hydroxyl groups excluding tert-OH is 3. The second-order valence-electron chi connectivity index (χ2n) is 6.96. The van der Waals surface area contributed by atoms with Crippen LogP contribution in [0.15, 0.2) is 48.5 Å². The van der Waals surface area contributed by atoms with E-state index in [1.165, 1.54) is 48.5 Å². The minimum atomic E-state index is -1.64. The molecule has 1 saturated heterocycles. The summed E-state index contributed by atoms with van der Waals surface area (Å²) in [6.45, 7) is -0.498. The lowest BCUT2D eigenvalue weighted by molar-refractivity contribution is -0.278. The van der Waals surface area contributed by atoms with E-state index in [0.717, 1.165) is 0 Å². The largest absolute Gasteiger partial charge is 0.508 e. The number of Topliss-reactive ketones (excluding diaryl/α,β-unsaturated/α-hetero) is 1. The van der Waals surface area contributed by atoms with E-state index in [4.69, 9.17) is 14.2 Å². The highest BCUT2D eigenvalue weighted by Gasteiger charge is 2.45. The molecule has 1 aliphatic heterocycles. The van der Waals surface area contributed by atoms with E-state index in [1.54, 1.807) is 0 Å². The predicted molar refractivity (Wildman–Crippen MR) is 103 cm³/mol. The number of phenols is 2. The summed E-state index contributed by atoms with van der Waals surface area (Å²) in [4.78, 5) is 24.1. The molecule has 3 rings (SSSR count). The summed E-state index contributed by atoms with van der Waals surface area (Å²) in [5, 5.41) is 48.9. The summed E-state index contributed by atoms with van der Waals surface area (Å²) in [5.74, 6) is -1.21. The lowest BCUT2D eigenvalue weighted by Crippen LogP contribution is -2.60. The zero-order valence-electron chi connectivity index (χ0n) is 16.2. The van der Waals surface area contributed by atoms with Gasteiger partial charge in [-0.2, -0.15) is 0 Å². The number of rotatable bonds is 7. The van der Waals surface area contributed by atoms with Gasteiger partial charge in [0, 0.05) is 5.56 Å². The third-order valence-corrected chi connectivity index (χ3v) is 4.66. The van der Waals surface area contributed by atoms with Crippen molar-refractivity contribution in [3.63, 3.8) is 0 Å². The van der Waals surface area contributed by atoms with Gasteiger partial charge in [-0.25, -0.2) is 0 Å². The van der Waals surface area contributed by atoms with Gasteiger partial charge in [0.15, 0.2) is 5.78 Å². The van der Waals surface area contributed by atoms with Gasteiger partial charge in [-0.3, -0.25) is 9.59 Å². The van der Waals surface area contributed by atoms with Crippen molar-refractivity contribution in [3.05, 3.63) is 54.1 Å². The highest BCUT2D eigenvalue weighted by Crippen LogP contribution is 2.25. The minimum Gasteiger partial charge on any atom is -0.508 e. The van der Waals surface area contributed by atoms with Crippen molar-refractivity contribution in [1.82, 2.24) is 0 Å². The summed E-state index contributed by atoms with van der Waals surface area (Å²) in [5.41, 5.74) is 0.213. The summed E-state index contributed by atoms with van der Waals surface area (Å²) >= 11 is 0. The Morgan fingerprint density at radius 3 is 2.03 bits per heavy atom. The first-order valence-electron chi connectivity index (χ1n) is 9.38. The first-order chi connectivity index (χ1) is 14.7. The molecular formula is C21H22O10. The third kappa shape index (κ3) is 5.70. The van der Waals surface area contributed by atoms with Crippen LogP contribution in [-0.4, -0.2) is 74.6 Å². The van der Waals surface area contributed by atoms with Crippen molar-refractivity contribution in [3.8, 4) is 17.2 Å². The Morgan fingerprint density at radius 1 is 0.839 bits per heavy atom. The maximum absolute atomic E-state index is 12.1. The molecule has 2 aromatic rings. The molecule has 0 saturated carbocycles. The Labute approximate surface area is 176 Å². The molecule has 0 spiro atoms. The van der Waals surface area contributed by atoms with Gasteiger partial charge in [0.1, 0.15) is 54.7 Å². The van der Waals surface area contributed by atoms with E-state index >= 15 is 0 Å². The normalized spacial score (nSPS) is 25.6. The van der Waals surface area contributed by atoms with E-state index in [-0.39, 0.29) is 22.8 Å². The SMILES string of the molecule is O=C(CC(=O)c1ccc(O)cc1)OC[C@H]1O[C@@H](Oc2ccc(O)cc2)[C@H](O)[C@@H](O)[C@@H]1O. The molecule has 31 heavy (non-hydrogen) atoms. The smallest absolute Gasteiger partial charge is 0.313 e. The van der Waals surface area contributed by atoms with Crippen LogP contribution in [0, 0.1) is 0 Å². The molecule has 0 radical (unpaired) electrons. The first-order valence-corrected chi connectivity index (χ1v) is 9.38. The van der Waals surface area contributed by atoms with Crippen LogP contribution in [0.2, 0.25) is 0 Å². The predicted octanol–water partition coefficient (Wildman–Crippen LogP) is 0.100. The molecule has 5 atom stereocenters. The Bertz CT molecular complexity index is 895.